The van der Waals surface area contributed by atoms with Crippen LogP contribution >= 0.6 is 0 Å². The van der Waals surface area contributed by atoms with Gasteiger partial charge >= 0.3 is 0 Å². The molecule has 0 saturated heterocycles. The Hall–Kier alpha value is -3.01. The first kappa shape index (κ1) is 13.6. The van der Waals surface area contributed by atoms with E-state index in [-0.39, 0.29) is 5.82 Å². The summed E-state index contributed by atoms with van der Waals surface area (Å²) in [5, 5.41) is 0. The maximum atomic E-state index is 13.3. The Morgan fingerprint density at radius 3 is 2.35 bits per heavy atom. The molecule has 112 valence electrons. The topological polar surface area (TPSA) is 30.2 Å². The third-order valence-electron chi connectivity index (χ3n) is 3.85. The molecule has 2 heterocycles. The van der Waals surface area contributed by atoms with Crippen LogP contribution in [0.4, 0.5) is 4.39 Å². The van der Waals surface area contributed by atoms with Crippen molar-refractivity contribution >= 4 is 5.78 Å². The number of benzene rings is 2. The van der Waals surface area contributed by atoms with Crippen LogP contribution in [0.15, 0.2) is 67.0 Å². The number of aromatic nitrogens is 3. The van der Waals surface area contributed by atoms with Crippen LogP contribution in [0, 0.1) is 12.7 Å². The van der Waals surface area contributed by atoms with E-state index in [1.165, 1.54) is 17.7 Å². The Morgan fingerprint density at radius 1 is 0.913 bits per heavy atom. The van der Waals surface area contributed by atoms with E-state index >= 15 is 0 Å². The van der Waals surface area contributed by atoms with Gasteiger partial charge in [0.2, 0.25) is 5.78 Å². The number of nitrogens with zero attached hydrogens (tertiary/aromatic N) is 3. The molecule has 0 radical (unpaired) electrons. The number of imidazole rings is 1. The van der Waals surface area contributed by atoms with Gasteiger partial charge in [0.15, 0.2) is 0 Å². The molecular weight excluding hydrogens is 289 g/mol. The second kappa shape index (κ2) is 5.32. The monoisotopic (exact) mass is 303 g/mol. The van der Waals surface area contributed by atoms with Crippen molar-refractivity contribution in [1.29, 1.82) is 0 Å². The van der Waals surface area contributed by atoms with Crippen LogP contribution in [-0.4, -0.2) is 14.4 Å². The molecular formula is C19H14FN3. The number of hydrogen-bond acceptors (Lipinski definition) is 2. The Bertz CT molecular complexity index is 970. The summed E-state index contributed by atoms with van der Waals surface area (Å²) in [4.78, 5) is 9.00. The maximum absolute atomic E-state index is 13.3. The summed E-state index contributed by atoms with van der Waals surface area (Å²) in [5.74, 6) is 0.375. The molecule has 3 nitrogen and oxygen atoms in total. The smallest absolute Gasteiger partial charge is 0.234 e. The quantitative estimate of drug-likeness (QED) is 0.545. The molecule has 0 N–H and O–H groups in total. The average molecular weight is 303 g/mol. The minimum absolute atomic E-state index is 0.252. The highest BCUT2D eigenvalue weighted by Crippen LogP contribution is 2.32. The van der Waals surface area contributed by atoms with Crippen molar-refractivity contribution in [2.75, 3.05) is 0 Å². The molecule has 0 saturated carbocycles. The van der Waals surface area contributed by atoms with E-state index in [1.54, 1.807) is 18.3 Å². The molecule has 4 rings (SSSR count). The normalized spacial score (nSPS) is 11.0. The van der Waals surface area contributed by atoms with Gasteiger partial charge in [0.25, 0.3) is 0 Å². The Labute approximate surface area is 133 Å². The summed E-state index contributed by atoms with van der Waals surface area (Å²) >= 11 is 0. The lowest BCUT2D eigenvalue weighted by Crippen LogP contribution is -1.90. The SMILES string of the molecule is Cc1ccc(-c2nc3ncccn3c2-c2ccc(F)cc2)cc1. The molecule has 0 fully saturated rings. The first-order valence-corrected chi connectivity index (χ1v) is 7.38. The summed E-state index contributed by atoms with van der Waals surface area (Å²) in [6, 6.07) is 16.5. The molecule has 0 unspecified atom stereocenters. The summed E-state index contributed by atoms with van der Waals surface area (Å²) < 4.78 is 15.2. The first-order valence-electron chi connectivity index (χ1n) is 7.38. The van der Waals surface area contributed by atoms with Crippen LogP contribution in [0.5, 0.6) is 0 Å². The van der Waals surface area contributed by atoms with Crippen LogP contribution < -0.4 is 0 Å². The number of halogens is 1. The number of fused-ring (bicyclic) bond motifs is 1. The summed E-state index contributed by atoms with van der Waals surface area (Å²) in [6.45, 7) is 2.05. The fraction of sp³-hybridized carbons (Fsp3) is 0.0526. The highest BCUT2D eigenvalue weighted by atomic mass is 19.1. The summed E-state index contributed by atoms with van der Waals surface area (Å²) in [6.07, 6.45) is 3.64. The predicted octanol–water partition coefficient (Wildman–Crippen LogP) is 4.51. The van der Waals surface area contributed by atoms with E-state index in [2.05, 4.69) is 29.0 Å². The Morgan fingerprint density at radius 2 is 1.61 bits per heavy atom. The van der Waals surface area contributed by atoms with Gasteiger partial charge in [0.05, 0.1) is 11.4 Å². The first-order chi connectivity index (χ1) is 11.2. The Balaban J connectivity index is 2.01. The molecule has 0 aliphatic rings. The molecule has 4 heteroatoms. The van der Waals surface area contributed by atoms with Crippen molar-refractivity contribution in [3.8, 4) is 22.5 Å². The van der Waals surface area contributed by atoms with E-state index in [9.17, 15) is 4.39 Å². The third-order valence-corrected chi connectivity index (χ3v) is 3.85. The summed E-state index contributed by atoms with van der Waals surface area (Å²) in [7, 11) is 0. The van der Waals surface area contributed by atoms with Gasteiger partial charge in [0.1, 0.15) is 5.82 Å². The highest BCUT2D eigenvalue weighted by molar-refractivity contribution is 5.81. The average Bonchev–Trinajstić information content (AvgIpc) is 2.96. The van der Waals surface area contributed by atoms with Gasteiger partial charge in [-0.1, -0.05) is 29.8 Å². The fourth-order valence-electron chi connectivity index (χ4n) is 2.68. The lowest BCUT2D eigenvalue weighted by Gasteiger charge is -2.06. The molecule has 0 amide bonds. The van der Waals surface area contributed by atoms with E-state index in [1.807, 2.05) is 28.8 Å². The van der Waals surface area contributed by atoms with Crippen LogP contribution in [0.1, 0.15) is 5.56 Å². The van der Waals surface area contributed by atoms with Crippen molar-refractivity contribution in [2.45, 2.75) is 6.92 Å². The summed E-state index contributed by atoms with van der Waals surface area (Å²) in [5.41, 5.74) is 4.87. The van der Waals surface area contributed by atoms with Gasteiger partial charge in [-0.15, -0.1) is 0 Å². The minimum Gasteiger partial charge on any atom is -0.283 e. The van der Waals surface area contributed by atoms with Crippen LogP contribution in [-0.2, 0) is 0 Å². The van der Waals surface area contributed by atoms with E-state index in [4.69, 9.17) is 0 Å². The van der Waals surface area contributed by atoms with Gasteiger partial charge in [-0.3, -0.25) is 4.40 Å². The molecule has 23 heavy (non-hydrogen) atoms. The predicted molar refractivity (Wildman–Crippen MR) is 88.6 cm³/mol. The zero-order valence-electron chi connectivity index (χ0n) is 12.6. The lowest BCUT2D eigenvalue weighted by molar-refractivity contribution is 0.628. The number of hydrogen-bond donors (Lipinski definition) is 0. The zero-order valence-corrected chi connectivity index (χ0v) is 12.6. The Kier molecular flexibility index (Phi) is 3.15. The van der Waals surface area contributed by atoms with Gasteiger partial charge in [0, 0.05) is 23.5 Å². The second-order valence-electron chi connectivity index (χ2n) is 5.47. The van der Waals surface area contributed by atoms with Crippen molar-refractivity contribution < 1.29 is 4.39 Å². The molecule has 0 bridgehead atoms. The standard InChI is InChI=1S/C19H14FN3/c1-13-3-5-14(6-4-13)17-18(15-7-9-16(20)10-8-15)23-12-2-11-21-19(23)22-17/h2-12H,1H3. The van der Waals surface area contributed by atoms with Crippen LogP contribution in [0.2, 0.25) is 0 Å². The van der Waals surface area contributed by atoms with E-state index < -0.39 is 0 Å². The van der Waals surface area contributed by atoms with E-state index in [0.717, 1.165) is 22.5 Å². The van der Waals surface area contributed by atoms with Crippen molar-refractivity contribution in [3.05, 3.63) is 78.4 Å². The molecule has 0 aliphatic carbocycles. The molecule has 0 spiro atoms. The van der Waals surface area contributed by atoms with Crippen LogP contribution in [0.3, 0.4) is 0 Å². The van der Waals surface area contributed by atoms with Gasteiger partial charge in [-0.25, -0.2) is 14.4 Å². The van der Waals surface area contributed by atoms with Gasteiger partial charge < -0.3 is 0 Å². The van der Waals surface area contributed by atoms with Crippen molar-refractivity contribution in [2.24, 2.45) is 0 Å². The highest BCUT2D eigenvalue weighted by Gasteiger charge is 2.16. The largest absolute Gasteiger partial charge is 0.283 e. The molecule has 0 aliphatic heterocycles. The minimum atomic E-state index is -0.252. The lowest BCUT2D eigenvalue weighted by atomic mass is 10.0. The van der Waals surface area contributed by atoms with Gasteiger partial charge in [-0.05, 0) is 37.3 Å². The molecule has 2 aromatic carbocycles. The molecule has 4 aromatic rings. The molecule has 0 atom stereocenters. The number of rotatable bonds is 2. The fourth-order valence-corrected chi connectivity index (χ4v) is 2.68. The maximum Gasteiger partial charge on any atom is 0.234 e. The number of aryl methyl sites for hydroxylation is 1. The van der Waals surface area contributed by atoms with Crippen LogP contribution in [0.25, 0.3) is 28.3 Å². The van der Waals surface area contributed by atoms with Crippen molar-refractivity contribution in [1.82, 2.24) is 14.4 Å². The molecule has 2 aromatic heterocycles. The van der Waals surface area contributed by atoms with Crippen molar-refractivity contribution in [3.63, 3.8) is 0 Å². The third kappa shape index (κ3) is 2.38. The van der Waals surface area contributed by atoms with Gasteiger partial charge in [-0.2, -0.15) is 0 Å². The van der Waals surface area contributed by atoms with E-state index in [0.29, 0.717) is 5.78 Å². The zero-order chi connectivity index (χ0) is 15.8. The second-order valence-corrected chi connectivity index (χ2v) is 5.47.